The number of hydrogen-bond donors (Lipinski definition) is 3. The van der Waals surface area contributed by atoms with E-state index in [-0.39, 0.29) is 17.9 Å². The SMILES string of the molecule is O=C1N[C@@H](Cc2c[nH]c3ccccc23)C(=O)N2C[C@@H](NCc3ccccc3Cl)C[C@@H]12. The molecule has 0 saturated carbocycles. The lowest BCUT2D eigenvalue weighted by atomic mass is 10.0. The number of hydrogen-bond acceptors (Lipinski definition) is 3. The standard InChI is InChI=1S/C23H23ClN4O2/c24-18-7-3-1-5-14(18)11-25-16-10-21-22(29)27-20(23(30)28(21)13-16)9-15-12-26-19-8-4-2-6-17(15)19/h1-8,12,16,20-21,25-26H,9-11,13H2,(H,27,29)/t16-,20-,21-/m0/s1. The van der Waals surface area contributed by atoms with Gasteiger partial charge in [-0.1, -0.05) is 48.0 Å². The number of amides is 2. The molecule has 0 spiro atoms. The van der Waals surface area contributed by atoms with Crippen LogP contribution in [0.15, 0.2) is 54.7 Å². The second kappa shape index (κ2) is 7.78. The van der Waals surface area contributed by atoms with Gasteiger partial charge in [0.25, 0.3) is 0 Å². The molecule has 1 aromatic heterocycles. The molecule has 3 atom stereocenters. The normalized spacial score (nSPS) is 23.6. The van der Waals surface area contributed by atoms with Gasteiger partial charge in [-0.2, -0.15) is 0 Å². The van der Waals surface area contributed by atoms with E-state index in [2.05, 4.69) is 15.6 Å². The summed E-state index contributed by atoms with van der Waals surface area (Å²) in [6.45, 7) is 1.14. The molecule has 2 fully saturated rings. The van der Waals surface area contributed by atoms with E-state index in [1.165, 1.54) is 0 Å². The lowest BCUT2D eigenvalue weighted by Crippen LogP contribution is -2.61. The zero-order chi connectivity index (χ0) is 20.7. The number of benzene rings is 2. The summed E-state index contributed by atoms with van der Waals surface area (Å²) in [5.74, 6) is -0.0755. The molecule has 154 valence electrons. The summed E-state index contributed by atoms with van der Waals surface area (Å²) in [6, 6.07) is 14.8. The van der Waals surface area contributed by atoms with E-state index >= 15 is 0 Å². The van der Waals surface area contributed by atoms with Crippen molar-refractivity contribution in [3.63, 3.8) is 0 Å². The van der Waals surface area contributed by atoms with Crippen LogP contribution in [0, 0.1) is 0 Å². The first-order valence-electron chi connectivity index (χ1n) is 10.2. The number of carbonyl (C=O) groups is 2. The van der Waals surface area contributed by atoms with Crippen molar-refractivity contribution >= 4 is 34.3 Å². The highest BCUT2D eigenvalue weighted by atomic mass is 35.5. The van der Waals surface area contributed by atoms with E-state index in [9.17, 15) is 9.59 Å². The number of nitrogens with one attached hydrogen (secondary N) is 3. The van der Waals surface area contributed by atoms with E-state index in [0.29, 0.717) is 31.0 Å². The summed E-state index contributed by atoms with van der Waals surface area (Å²) in [7, 11) is 0. The first-order valence-corrected chi connectivity index (χ1v) is 10.6. The molecular weight excluding hydrogens is 400 g/mol. The quantitative estimate of drug-likeness (QED) is 0.591. The Morgan fingerprint density at radius 3 is 2.73 bits per heavy atom. The molecule has 5 rings (SSSR count). The van der Waals surface area contributed by atoms with E-state index in [1.54, 1.807) is 4.90 Å². The third-order valence-electron chi connectivity index (χ3n) is 6.14. The van der Waals surface area contributed by atoms with Crippen molar-refractivity contribution in [3.8, 4) is 0 Å². The van der Waals surface area contributed by atoms with Crippen molar-refractivity contribution in [2.75, 3.05) is 6.54 Å². The Balaban J connectivity index is 1.27. The van der Waals surface area contributed by atoms with Crippen molar-refractivity contribution < 1.29 is 9.59 Å². The van der Waals surface area contributed by atoms with Gasteiger partial charge in [0.2, 0.25) is 11.8 Å². The van der Waals surface area contributed by atoms with Crippen LogP contribution >= 0.6 is 11.6 Å². The predicted octanol–water partition coefficient (Wildman–Crippen LogP) is 2.62. The number of rotatable bonds is 5. The maximum atomic E-state index is 13.1. The van der Waals surface area contributed by atoms with Gasteiger partial charge in [-0.15, -0.1) is 0 Å². The van der Waals surface area contributed by atoms with Gasteiger partial charge in [0, 0.05) is 47.7 Å². The molecule has 7 heteroatoms. The number of para-hydroxylation sites is 1. The Hall–Kier alpha value is -2.83. The van der Waals surface area contributed by atoms with Crippen LogP contribution in [0.25, 0.3) is 10.9 Å². The molecule has 0 radical (unpaired) electrons. The van der Waals surface area contributed by atoms with Crippen LogP contribution in [0.4, 0.5) is 0 Å². The number of carbonyl (C=O) groups excluding carboxylic acids is 2. The molecule has 2 aliphatic heterocycles. The highest BCUT2D eigenvalue weighted by Gasteiger charge is 2.46. The maximum absolute atomic E-state index is 13.1. The number of H-pyrrole nitrogens is 1. The molecule has 3 heterocycles. The van der Waals surface area contributed by atoms with Gasteiger partial charge in [0.1, 0.15) is 12.1 Å². The summed E-state index contributed by atoms with van der Waals surface area (Å²) < 4.78 is 0. The molecule has 6 nitrogen and oxygen atoms in total. The van der Waals surface area contributed by atoms with E-state index in [0.717, 1.165) is 22.0 Å². The van der Waals surface area contributed by atoms with Gasteiger partial charge in [0.05, 0.1) is 0 Å². The maximum Gasteiger partial charge on any atom is 0.246 e. The molecule has 0 unspecified atom stereocenters. The minimum absolute atomic E-state index is 0.00748. The van der Waals surface area contributed by atoms with Crippen molar-refractivity contribution in [3.05, 3.63) is 70.9 Å². The number of aromatic amines is 1. The van der Waals surface area contributed by atoms with Crippen molar-refractivity contribution in [2.45, 2.75) is 37.5 Å². The minimum Gasteiger partial charge on any atom is -0.361 e. The highest BCUT2D eigenvalue weighted by Crippen LogP contribution is 2.26. The number of piperazine rings is 1. The Morgan fingerprint density at radius 2 is 1.87 bits per heavy atom. The first-order chi connectivity index (χ1) is 14.6. The van der Waals surface area contributed by atoms with Crippen LogP contribution < -0.4 is 10.6 Å². The van der Waals surface area contributed by atoms with Crippen LogP contribution in [0.3, 0.4) is 0 Å². The lowest BCUT2D eigenvalue weighted by Gasteiger charge is -2.34. The molecule has 2 amide bonds. The fourth-order valence-corrected chi connectivity index (χ4v) is 4.76. The average molecular weight is 423 g/mol. The summed E-state index contributed by atoms with van der Waals surface area (Å²) in [6.07, 6.45) is 3.02. The summed E-state index contributed by atoms with van der Waals surface area (Å²) >= 11 is 6.23. The van der Waals surface area contributed by atoms with E-state index in [4.69, 9.17) is 11.6 Å². The monoisotopic (exact) mass is 422 g/mol. The highest BCUT2D eigenvalue weighted by molar-refractivity contribution is 6.31. The van der Waals surface area contributed by atoms with E-state index < -0.39 is 12.1 Å². The minimum atomic E-state index is -0.532. The largest absolute Gasteiger partial charge is 0.361 e. The second-order valence-corrected chi connectivity index (χ2v) is 8.44. The topological polar surface area (TPSA) is 77.2 Å². The summed E-state index contributed by atoms with van der Waals surface area (Å²) in [4.78, 5) is 30.9. The molecule has 0 aliphatic carbocycles. The van der Waals surface area contributed by atoms with Gasteiger partial charge in [-0.25, -0.2) is 0 Å². The zero-order valence-electron chi connectivity index (χ0n) is 16.4. The molecule has 30 heavy (non-hydrogen) atoms. The smallest absolute Gasteiger partial charge is 0.246 e. The predicted molar refractivity (Wildman–Crippen MR) is 116 cm³/mol. The van der Waals surface area contributed by atoms with Gasteiger partial charge in [-0.3, -0.25) is 9.59 Å². The van der Waals surface area contributed by atoms with Gasteiger partial charge >= 0.3 is 0 Å². The first kappa shape index (κ1) is 19.2. The lowest BCUT2D eigenvalue weighted by molar-refractivity contribution is -0.146. The second-order valence-electron chi connectivity index (χ2n) is 8.04. The third-order valence-corrected chi connectivity index (χ3v) is 6.51. The van der Waals surface area contributed by atoms with Gasteiger partial charge in [-0.05, 0) is 29.7 Å². The zero-order valence-corrected chi connectivity index (χ0v) is 17.2. The summed E-state index contributed by atoms with van der Waals surface area (Å²) in [5.41, 5.74) is 3.08. The van der Waals surface area contributed by atoms with Crippen LogP contribution in [0.5, 0.6) is 0 Å². The fraction of sp³-hybridized carbons (Fsp3) is 0.304. The van der Waals surface area contributed by atoms with Crippen molar-refractivity contribution in [1.82, 2.24) is 20.5 Å². The molecule has 3 N–H and O–H groups in total. The molecule has 2 saturated heterocycles. The molecular formula is C23H23ClN4O2. The molecule has 2 aromatic carbocycles. The van der Waals surface area contributed by atoms with Crippen LogP contribution in [-0.4, -0.2) is 46.4 Å². The van der Waals surface area contributed by atoms with Crippen molar-refractivity contribution in [1.29, 1.82) is 0 Å². The number of halogens is 1. The fourth-order valence-electron chi connectivity index (χ4n) is 4.56. The number of fused-ring (bicyclic) bond motifs is 2. The number of aromatic nitrogens is 1. The van der Waals surface area contributed by atoms with Crippen LogP contribution in [0.1, 0.15) is 17.5 Å². The number of nitrogens with zero attached hydrogens (tertiary/aromatic N) is 1. The van der Waals surface area contributed by atoms with Gasteiger partial charge in [0.15, 0.2) is 0 Å². The Morgan fingerprint density at radius 1 is 1.07 bits per heavy atom. The average Bonchev–Trinajstić information content (AvgIpc) is 3.36. The van der Waals surface area contributed by atoms with E-state index in [1.807, 2.05) is 54.7 Å². The van der Waals surface area contributed by atoms with Crippen molar-refractivity contribution in [2.24, 2.45) is 0 Å². The Bertz CT molecular complexity index is 1110. The van der Waals surface area contributed by atoms with Crippen LogP contribution in [-0.2, 0) is 22.6 Å². The van der Waals surface area contributed by atoms with Crippen LogP contribution in [0.2, 0.25) is 5.02 Å². The summed E-state index contributed by atoms with van der Waals surface area (Å²) in [5, 5.41) is 8.21. The molecule has 3 aromatic rings. The van der Waals surface area contributed by atoms with Gasteiger partial charge < -0.3 is 20.5 Å². The Kier molecular flexibility index (Phi) is 4.97. The molecule has 0 bridgehead atoms. The molecule has 2 aliphatic rings. The Labute approximate surface area is 179 Å². The third kappa shape index (κ3) is 3.46.